The molecule has 0 radical (unpaired) electrons. The number of hydrogen-bond acceptors (Lipinski definition) is 4. The van der Waals surface area contributed by atoms with Gasteiger partial charge in [0.2, 0.25) is 0 Å². The van der Waals surface area contributed by atoms with E-state index in [2.05, 4.69) is 6.92 Å². The summed E-state index contributed by atoms with van der Waals surface area (Å²) in [7, 11) is 0. The fourth-order valence-electron chi connectivity index (χ4n) is 5.20. The van der Waals surface area contributed by atoms with E-state index in [1.807, 2.05) is 20.8 Å². The Labute approximate surface area is 139 Å². The van der Waals surface area contributed by atoms with Gasteiger partial charge >= 0.3 is 5.97 Å². The molecule has 4 rings (SSSR count). The molecule has 0 aromatic heterocycles. The van der Waals surface area contributed by atoms with Gasteiger partial charge in [0.1, 0.15) is 5.60 Å². The zero-order valence-corrected chi connectivity index (χ0v) is 15.1. The van der Waals surface area contributed by atoms with E-state index in [-0.39, 0.29) is 23.8 Å². The number of aliphatic hydroxyl groups excluding tert-OH is 1. The van der Waals surface area contributed by atoms with Crippen LogP contribution >= 0.6 is 0 Å². The van der Waals surface area contributed by atoms with Gasteiger partial charge in [-0.25, -0.2) is 0 Å². The van der Waals surface area contributed by atoms with Crippen LogP contribution in [-0.2, 0) is 14.3 Å². The Balaban J connectivity index is 1.77. The molecule has 0 spiro atoms. The first-order valence-electron chi connectivity index (χ1n) is 9.23. The first-order valence-corrected chi connectivity index (χ1v) is 9.23. The van der Waals surface area contributed by atoms with Crippen LogP contribution in [0.5, 0.6) is 0 Å². The lowest BCUT2D eigenvalue weighted by Gasteiger charge is -2.63. The molecule has 4 aliphatic rings. The Bertz CT molecular complexity index is 454. The van der Waals surface area contributed by atoms with E-state index in [1.165, 1.54) is 0 Å². The summed E-state index contributed by atoms with van der Waals surface area (Å²) in [4.78, 5) is 12.7. The van der Waals surface area contributed by atoms with Crippen molar-refractivity contribution >= 4 is 5.97 Å². The monoisotopic (exact) mass is 324 g/mol. The maximum Gasteiger partial charge on any atom is 0.312 e. The van der Waals surface area contributed by atoms with Crippen LogP contribution in [0.4, 0.5) is 0 Å². The second-order valence-electron chi connectivity index (χ2n) is 8.91. The van der Waals surface area contributed by atoms with Gasteiger partial charge in [-0.05, 0) is 65.2 Å². The smallest absolute Gasteiger partial charge is 0.312 e. The second kappa shape index (κ2) is 5.73. The molecule has 1 N–H and O–H groups in total. The lowest BCUT2D eigenvalue weighted by Crippen LogP contribution is -2.64. The van der Waals surface area contributed by atoms with Crippen LogP contribution in [0.2, 0.25) is 0 Å². The SMILES string of the molecule is CCC(C)(C)C(=O)OC1(C)C2CC3CC1CC(OCCO)(C3)C2. The van der Waals surface area contributed by atoms with E-state index in [1.54, 1.807) is 0 Å². The minimum atomic E-state index is -0.414. The standard InChI is InChI=1S/C19H32O4/c1-5-17(2,3)16(21)23-18(4)14-8-13-9-15(18)12-19(10-13,11-14)22-7-6-20/h13-15,20H,5-12H2,1-4H3. The highest BCUT2D eigenvalue weighted by molar-refractivity contribution is 5.76. The summed E-state index contributed by atoms with van der Waals surface area (Å²) >= 11 is 0. The summed E-state index contributed by atoms with van der Waals surface area (Å²) in [5, 5.41) is 9.11. The van der Waals surface area contributed by atoms with E-state index >= 15 is 0 Å². The highest BCUT2D eigenvalue weighted by Crippen LogP contribution is 2.62. The average molecular weight is 324 g/mol. The molecule has 0 amide bonds. The van der Waals surface area contributed by atoms with E-state index in [0.29, 0.717) is 24.4 Å². The number of ether oxygens (including phenoxy) is 2. The molecule has 0 saturated heterocycles. The maximum absolute atomic E-state index is 12.7. The predicted molar refractivity (Wildman–Crippen MR) is 87.9 cm³/mol. The molecule has 4 saturated carbocycles. The Morgan fingerprint density at radius 2 is 1.83 bits per heavy atom. The highest BCUT2D eigenvalue weighted by Gasteiger charge is 2.63. The molecule has 2 unspecified atom stereocenters. The number of hydrogen-bond donors (Lipinski definition) is 1. The quantitative estimate of drug-likeness (QED) is 0.762. The highest BCUT2D eigenvalue weighted by atomic mass is 16.6. The molecule has 23 heavy (non-hydrogen) atoms. The van der Waals surface area contributed by atoms with Crippen LogP contribution in [0.15, 0.2) is 0 Å². The van der Waals surface area contributed by atoms with Gasteiger partial charge in [0, 0.05) is 11.8 Å². The Hall–Kier alpha value is -0.610. The van der Waals surface area contributed by atoms with Crippen LogP contribution in [0.3, 0.4) is 0 Å². The Morgan fingerprint density at radius 3 is 2.35 bits per heavy atom. The third-order valence-corrected chi connectivity index (χ3v) is 7.00. The summed E-state index contributed by atoms with van der Waals surface area (Å²) in [5.41, 5.74) is -0.833. The summed E-state index contributed by atoms with van der Waals surface area (Å²) in [6, 6.07) is 0. The topological polar surface area (TPSA) is 55.8 Å². The summed E-state index contributed by atoms with van der Waals surface area (Å²) < 4.78 is 12.3. The third kappa shape index (κ3) is 2.82. The number of esters is 1. The molecule has 0 aliphatic heterocycles. The van der Waals surface area contributed by atoms with Gasteiger partial charge in [0.05, 0.1) is 24.2 Å². The number of carbonyl (C=O) groups excluding carboxylic acids is 1. The lowest BCUT2D eigenvalue weighted by atomic mass is 9.48. The molecule has 4 heteroatoms. The van der Waals surface area contributed by atoms with Gasteiger partial charge in [0.15, 0.2) is 0 Å². The fourth-order valence-corrected chi connectivity index (χ4v) is 5.20. The summed E-state index contributed by atoms with van der Waals surface area (Å²) in [6.07, 6.45) is 6.15. The van der Waals surface area contributed by atoms with Crippen LogP contribution in [0.1, 0.15) is 66.2 Å². The van der Waals surface area contributed by atoms with Crippen molar-refractivity contribution in [3.63, 3.8) is 0 Å². The van der Waals surface area contributed by atoms with Crippen molar-refractivity contribution < 1.29 is 19.4 Å². The minimum absolute atomic E-state index is 0.0553. The van der Waals surface area contributed by atoms with Gasteiger partial charge in [-0.2, -0.15) is 0 Å². The fraction of sp³-hybridized carbons (Fsp3) is 0.947. The van der Waals surface area contributed by atoms with Crippen molar-refractivity contribution in [2.45, 2.75) is 77.4 Å². The van der Waals surface area contributed by atoms with E-state index in [4.69, 9.17) is 14.6 Å². The zero-order chi connectivity index (χ0) is 16.9. The van der Waals surface area contributed by atoms with E-state index < -0.39 is 5.41 Å². The van der Waals surface area contributed by atoms with Crippen molar-refractivity contribution in [2.75, 3.05) is 13.2 Å². The molecule has 4 fully saturated rings. The van der Waals surface area contributed by atoms with Gasteiger partial charge < -0.3 is 14.6 Å². The molecule has 2 atom stereocenters. The molecule has 4 bridgehead atoms. The van der Waals surface area contributed by atoms with Crippen molar-refractivity contribution in [1.82, 2.24) is 0 Å². The summed E-state index contributed by atoms with van der Waals surface area (Å²) in [5.74, 6) is 1.42. The summed E-state index contributed by atoms with van der Waals surface area (Å²) in [6.45, 7) is 8.65. The molecule has 4 aliphatic carbocycles. The first-order chi connectivity index (χ1) is 10.7. The molecule has 4 nitrogen and oxygen atoms in total. The van der Waals surface area contributed by atoms with Crippen molar-refractivity contribution in [1.29, 1.82) is 0 Å². The second-order valence-corrected chi connectivity index (χ2v) is 8.91. The van der Waals surface area contributed by atoms with Gasteiger partial charge in [-0.1, -0.05) is 6.92 Å². The molecule has 0 aromatic carbocycles. The molecular weight excluding hydrogens is 292 g/mol. The van der Waals surface area contributed by atoms with Gasteiger partial charge in [-0.15, -0.1) is 0 Å². The van der Waals surface area contributed by atoms with Crippen molar-refractivity contribution in [3.8, 4) is 0 Å². The number of aliphatic hydroxyl groups is 1. The van der Waals surface area contributed by atoms with Crippen LogP contribution in [0.25, 0.3) is 0 Å². The van der Waals surface area contributed by atoms with Crippen LogP contribution < -0.4 is 0 Å². The number of carbonyl (C=O) groups is 1. The lowest BCUT2D eigenvalue weighted by molar-refractivity contribution is -0.252. The largest absolute Gasteiger partial charge is 0.458 e. The van der Waals surface area contributed by atoms with Crippen molar-refractivity contribution in [2.24, 2.45) is 23.2 Å². The normalized spacial score (nSPS) is 42.0. The Kier molecular flexibility index (Phi) is 4.29. The molecule has 0 aromatic rings. The van der Waals surface area contributed by atoms with E-state index in [0.717, 1.165) is 38.5 Å². The van der Waals surface area contributed by atoms with Crippen molar-refractivity contribution in [3.05, 3.63) is 0 Å². The molecular formula is C19H32O4. The maximum atomic E-state index is 12.7. The van der Waals surface area contributed by atoms with Crippen LogP contribution in [-0.4, -0.2) is 35.5 Å². The van der Waals surface area contributed by atoms with E-state index in [9.17, 15) is 4.79 Å². The zero-order valence-electron chi connectivity index (χ0n) is 15.1. The average Bonchev–Trinajstić information content (AvgIpc) is 2.50. The van der Waals surface area contributed by atoms with Gasteiger partial charge in [-0.3, -0.25) is 4.79 Å². The number of rotatable bonds is 6. The Morgan fingerprint density at radius 1 is 1.22 bits per heavy atom. The van der Waals surface area contributed by atoms with Crippen LogP contribution in [0, 0.1) is 23.2 Å². The molecule has 132 valence electrons. The van der Waals surface area contributed by atoms with Gasteiger partial charge in [0.25, 0.3) is 0 Å². The minimum Gasteiger partial charge on any atom is -0.458 e. The predicted octanol–water partition coefficient (Wildman–Crippen LogP) is 3.31. The molecule has 0 heterocycles. The first kappa shape index (κ1) is 17.2. The third-order valence-electron chi connectivity index (χ3n) is 7.00.